The van der Waals surface area contributed by atoms with Crippen LogP contribution in [0.3, 0.4) is 0 Å². The molecule has 0 spiro atoms. The molecule has 8 nitrogen and oxygen atoms in total. The second-order valence-corrected chi connectivity index (χ2v) is 11.5. The van der Waals surface area contributed by atoms with E-state index in [0.29, 0.717) is 23.9 Å². The van der Waals surface area contributed by atoms with Gasteiger partial charge < -0.3 is 28.6 Å². The Kier molecular flexibility index (Phi) is 8.66. The van der Waals surface area contributed by atoms with Crippen molar-refractivity contribution in [1.82, 2.24) is 4.98 Å². The summed E-state index contributed by atoms with van der Waals surface area (Å²) in [6.07, 6.45) is 9.22. The molecule has 40 heavy (non-hydrogen) atoms. The van der Waals surface area contributed by atoms with E-state index in [1.165, 1.54) is 6.42 Å². The Balaban J connectivity index is 0.00000103. The molecule has 1 aromatic heterocycles. The van der Waals surface area contributed by atoms with Crippen molar-refractivity contribution < 1.29 is 33.4 Å². The van der Waals surface area contributed by atoms with Crippen LogP contribution in [0.2, 0.25) is 0 Å². The summed E-state index contributed by atoms with van der Waals surface area (Å²) < 4.78 is 13.3. The van der Waals surface area contributed by atoms with Crippen molar-refractivity contribution in [3.8, 4) is 0 Å². The van der Waals surface area contributed by atoms with Gasteiger partial charge in [0.15, 0.2) is 17.5 Å². The Morgan fingerprint density at radius 1 is 1.02 bits per heavy atom. The maximum Gasteiger partial charge on any atom is 0.338 e. The fraction of sp³-hybridized carbons (Fsp3) is 0.469. The number of hydrogen-bond acceptors (Lipinski definition) is 7. The standard InChI is InChI=1S/C31H37N2O4.CH2O2/c34-29(24-10-4-1-5-11-24)37-28-22-33(18-16-23(28)17-19-33)21-27-20-32-30(36-27)31(35,25-12-6-2-7-13-25)26-14-8-3-9-15-26;2-1-3/h1-2,4-7,10-13,20,23,26,28,35H,3,8-9,14-19,21-22H2;1H,(H,2,3)/q+1;/p-1/t23?,28-,31-,33?;/m0./s1. The van der Waals surface area contributed by atoms with Crippen molar-refractivity contribution in [1.29, 1.82) is 0 Å². The molecule has 7 rings (SSSR count). The third-order valence-corrected chi connectivity index (χ3v) is 9.09. The number of carbonyl (C=O) groups is 2. The van der Waals surface area contributed by atoms with E-state index < -0.39 is 12.1 Å². The van der Waals surface area contributed by atoms with Gasteiger partial charge in [-0.05, 0) is 30.5 Å². The molecule has 3 saturated heterocycles. The van der Waals surface area contributed by atoms with E-state index in [2.05, 4.69) is 4.98 Å². The number of hydrogen-bond donors (Lipinski definition) is 1. The van der Waals surface area contributed by atoms with Crippen LogP contribution in [0.25, 0.3) is 0 Å². The molecule has 8 heteroatoms. The summed E-state index contributed by atoms with van der Waals surface area (Å²) in [5.74, 6) is 1.49. The first-order valence-electron chi connectivity index (χ1n) is 14.4. The smallest absolute Gasteiger partial charge is 0.338 e. The Labute approximate surface area is 235 Å². The molecule has 2 bridgehead atoms. The summed E-state index contributed by atoms with van der Waals surface area (Å²) in [5, 5.41) is 20.4. The van der Waals surface area contributed by atoms with Crippen LogP contribution < -0.4 is 5.11 Å². The van der Waals surface area contributed by atoms with Gasteiger partial charge >= 0.3 is 5.97 Å². The Hall–Kier alpha value is -3.49. The van der Waals surface area contributed by atoms with Crippen molar-refractivity contribution in [3.05, 3.63) is 89.6 Å². The molecule has 0 unspecified atom stereocenters. The fourth-order valence-electron chi connectivity index (χ4n) is 6.99. The highest BCUT2D eigenvalue weighted by Crippen LogP contribution is 2.44. The maximum absolute atomic E-state index is 12.8. The Morgan fingerprint density at radius 2 is 1.65 bits per heavy atom. The lowest BCUT2D eigenvalue weighted by molar-refractivity contribution is -0.959. The van der Waals surface area contributed by atoms with Crippen LogP contribution >= 0.6 is 0 Å². The first-order valence-corrected chi connectivity index (χ1v) is 14.4. The number of quaternary nitrogens is 1. The Bertz CT molecular complexity index is 1250. The first-order chi connectivity index (χ1) is 19.5. The summed E-state index contributed by atoms with van der Waals surface area (Å²) >= 11 is 0. The molecule has 0 amide bonds. The van der Waals surface area contributed by atoms with Crippen molar-refractivity contribution in [3.63, 3.8) is 0 Å². The molecule has 2 atom stereocenters. The lowest BCUT2D eigenvalue weighted by Gasteiger charge is -2.51. The summed E-state index contributed by atoms with van der Waals surface area (Å²) in [7, 11) is 0. The normalized spacial score (nSPS) is 25.7. The van der Waals surface area contributed by atoms with Gasteiger partial charge in [0.2, 0.25) is 5.89 Å². The number of aromatic nitrogens is 1. The van der Waals surface area contributed by atoms with Gasteiger partial charge in [0, 0.05) is 31.1 Å². The number of oxazole rings is 1. The molecular formula is C32H38N2O6. The van der Waals surface area contributed by atoms with E-state index in [9.17, 15) is 9.90 Å². The number of rotatable bonds is 7. The number of fused-ring (bicyclic) bond motifs is 3. The predicted octanol–water partition coefficient (Wildman–Crippen LogP) is 3.82. The molecule has 4 fully saturated rings. The van der Waals surface area contributed by atoms with Crippen molar-refractivity contribution in [2.45, 2.75) is 63.2 Å². The third-order valence-electron chi connectivity index (χ3n) is 9.09. The van der Waals surface area contributed by atoms with Crippen LogP contribution in [0.4, 0.5) is 0 Å². The van der Waals surface area contributed by atoms with Gasteiger partial charge in [-0.15, -0.1) is 0 Å². The second-order valence-electron chi connectivity index (χ2n) is 11.5. The highest BCUT2D eigenvalue weighted by atomic mass is 16.5. The fourth-order valence-corrected chi connectivity index (χ4v) is 6.99. The van der Waals surface area contributed by atoms with E-state index in [-0.39, 0.29) is 18.0 Å². The number of ether oxygens (including phenoxy) is 1. The summed E-state index contributed by atoms with van der Waals surface area (Å²) in [6.45, 7) is 3.09. The number of piperidine rings is 3. The zero-order valence-electron chi connectivity index (χ0n) is 22.8. The van der Waals surface area contributed by atoms with Gasteiger partial charge in [-0.1, -0.05) is 67.8 Å². The lowest BCUT2D eigenvalue weighted by Crippen LogP contribution is -2.63. The molecule has 3 aliphatic heterocycles. The van der Waals surface area contributed by atoms with Crippen molar-refractivity contribution in [2.75, 3.05) is 19.6 Å². The van der Waals surface area contributed by atoms with Crippen LogP contribution in [-0.2, 0) is 21.7 Å². The molecule has 3 aromatic rings. The summed E-state index contributed by atoms with van der Waals surface area (Å²) in [6, 6.07) is 19.2. The lowest BCUT2D eigenvalue weighted by atomic mass is 9.73. The first kappa shape index (κ1) is 28.1. The minimum Gasteiger partial charge on any atom is -0.554 e. The molecule has 0 radical (unpaired) electrons. The average Bonchev–Trinajstić information content (AvgIpc) is 3.47. The van der Waals surface area contributed by atoms with Crippen LogP contribution in [0.1, 0.15) is 72.5 Å². The zero-order chi connectivity index (χ0) is 28.0. The van der Waals surface area contributed by atoms with Gasteiger partial charge in [0.25, 0.3) is 0 Å². The number of carbonyl (C=O) groups excluding carboxylic acids is 2. The average molecular weight is 547 g/mol. The van der Waals surface area contributed by atoms with Crippen LogP contribution in [0, 0.1) is 11.8 Å². The minimum absolute atomic E-state index is 0.0823. The number of carboxylic acid groups (broad SMARTS) is 1. The number of aliphatic hydroxyl groups is 1. The van der Waals surface area contributed by atoms with Gasteiger partial charge in [-0.3, -0.25) is 0 Å². The van der Waals surface area contributed by atoms with Gasteiger partial charge in [0.1, 0.15) is 13.1 Å². The van der Waals surface area contributed by atoms with Crippen LogP contribution in [-0.4, -0.2) is 52.8 Å². The maximum atomic E-state index is 12.8. The monoisotopic (exact) mass is 546 g/mol. The summed E-state index contributed by atoms with van der Waals surface area (Å²) in [4.78, 5) is 25.7. The largest absolute Gasteiger partial charge is 0.554 e. The predicted molar refractivity (Wildman–Crippen MR) is 146 cm³/mol. The van der Waals surface area contributed by atoms with Crippen molar-refractivity contribution >= 4 is 12.4 Å². The number of esters is 1. The molecule has 4 heterocycles. The zero-order valence-corrected chi connectivity index (χ0v) is 22.8. The minimum atomic E-state index is -1.22. The SMILES string of the molecule is O=C(O[C@H]1C[N+]2(Cc3cnc([C@](O)(c4ccccc4)C4CCCCC4)o3)CCC1CC2)c1ccccc1.O=C[O-]. The van der Waals surface area contributed by atoms with Crippen molar-refractivity contribution in [2.24, 2.45) is 11.8 Å². The van der Waals surface area contributed by atoms with Crippen LogP contribution in [0.5, 0.6) is 0 Å². The van der Waals surface area contributed by atoms with E-state index in [1.807, 2.05) is 66.9 Å². The molecule has 1 N–H and O–H groups in total. The molecule has 1 aliphatic carbocycles. The Morgan fingerprint density at radius 3 is 2.30 bits per heavy atom. The van der Waals surface area contributed by atoms with E-state index in [1.54, 1.807) is 0 Å². The van der Waals surface area contributed by atoms with E-state index in [4.69, 9.17) is 19.1 Å². The highest BCUT2D eigenvalue weighted by Gasteiger charge is 2.49. The van der Waals surface area contributed by atoms with Crippen LogP contribution in [0.15, 0.2) is 71.3 Å². The second kappa shape index (κ2) is 12.4. The molecule has 212 valence electrons. The quantitative estimate of drug-likeness (QED) is 0.272. The number of benzene rings is 2. The molecule has 1 saturated carbocycles. The molecular weight excluding hydrogens is 508 g/mol. The third kappa shape index (κ3) is 5.83. The topological polar surface area (TPSA) is 113 Å². The van der Waals surface area contributed by atoms with Gasteiger partial charge in [0.05, 0.1) is 24.8 Å². The molecule has 2 aromatic carbocycles. The van der Waals surface area contributed by atoms with Gasteiger partial charge in [-0.25, -0.2) is 9.78 Å². The van der Waals surface area contributed by atoms with Gasteiger partial charge in [-0.2, -0.15) is 0 Å². The highest BCUT2D eigenvalue weighted by molar-refractivity contribution is 5.89. The van der Waals surface area contributed by atoms with E-state index >= 15 is 0 Å². The summed E-state index contributed by atoms with van der Waals surface area (Å²) in [5.41, 5.74) is 0.241. The van der Waals surface area contributed by atoms with E-state index in [0.717, 1.165) is 74.0 Å². The number of nitrogens with zero attached hydrogens (tertiary/aromatic N) is 2. The molecule has 4 aliphatic rings.